The van der Waals surface area contributed by atoms with Gasteiger partial charge in [0.05, 0.1) is 26.2 Å². The summed E-state index contributed by atoms with van der Waals surface area (Å²) >= 11 is 6.04. The molecule has 2 aliphatic rings. The largest absolute Gasteiger partial charge is 0.507 e. The monoisotopic (exact) mass is 1510 g/mol. The van der Waals surface area contributed by atoms with Crippen LogP contribution in [0, 0.1) is 81.4 Å². The molecule has 0 atom stereocenters. The van der Waals surface area contributed by atoms with Crippen molar-refractivity contribution in [2.24, 2.45) is 0 Å². The van der Waals surface area contributed by atoms with E-state index in [1.165, 1.54) is 30.3 Å². The van der Waals surface area contributed by atoms with Crippen LogP contribution in [0.25, 0.3) is 0 Å². The second-order valence-electron chi connectivity index (χ2n) is 24.0. The first-order chi connectivity index (χ1) is 48.6. The van der Waals surface area contributed by atoms with Crippen molar-refractivity contribution in [3.63, 3.8) is 0 Å². The molecule has 0 radical (unpaired) electrons. The third kappa shape index (κ3) is 17.0. The van der Waals surface area contributed by atoms with Crippen LogP contribution in [0.3, 0.4) is 0 Å². The minimum atomic E-state index is -6.19. The molecule has 103 heavy (non-hydrogen) atoms. The Labute approximate surface area is 583 Å². The van der Waals surface area contributed by atoms with Crippen LogP contribution in [0.4, 0.5) is 72.8 Å². The Hall–Kier alpha value is -9.63. The number of carbonyl (C=O) groups excluding carboxylic acids is 2. The average molecular weight is 1510 g/mol. The molecule has 2 amide bonds. The quantitative estimate of drug-likeness (QED) is 0.0282. The molecule has 4 N–H and O–H groups in total. The highest BCUT2D eigenvalue weighted by Crippen LogP contribution is 2.38. The molecular formula is C70H57ClF14N4O12S2. The van der Waals surface area contributed by atoms with Crippen molar-refractivity contribution in [2.75, 3.05) is 22.9 Å². The molecule has 2 fully saturated rings. The molecule has 0 unspecified atom stereocenters. The molecule has 2 aliphatic carbocycles. The number of hydrogen-bond donors (Lipinski definition) is 4. The summed E-state index contributed by atoms with van der Waals surface area (Å²) in [5.74, 6) is -42.0. The van der Waals surface area contributed by atoms with E-state index in [1.54, 1.807) is 36.4 Å². The number of halogens is 15. The van der Waals surface area contributed by atoms with Gasteiger partial charge in [-0.05, 0) is 102 Å². The van der Waals surface area contributed by atoms with Crippen molar-refractivity contribution < 1.29 is 118 Å². The Morgan fingerprint density at radius 2 is 0.767 bits per heavy atom. The molecule has 546 valence electrons. The second kappa shape index (κ2) is 32.4. The SMILES string of the molecule is O=C(O)c1ccc(N(Cc2ccc(C3CCCCC3)cc2)C(=O)CN(Cc2c(F)cc(F)c(F)c2F)S(=O)(=O)c2c(F)c(F)c(F)c(F)c2F)cc1O.O=C(O)c1ccc(N(Cc2ccc(C3CCCCC3)cc2)C(=O)CN(Cc2cccc(Cl)c2)S(=O)(=O)c2c(F)c(F)c(F)c(F)c2F)cc1O. The smallest absolute Gasteiger partial charge is 0.339 e. The number of sulfonamides is 2. The van der Waals surface area contributed by atoms with Gasteiger partial charge in [-0.1, -0.05) is 111 Å². The lowest BCUT2D eigenvalue weighted by Gasteiger charge is -2.28. The van der Waals surface area contributed by atoms with Gasteiger partial charge < -0.3 is 30.2 Å². The fraction of sp³-hybridized carbons (Fsp3) is 0.257. The molecule has 0 saturated heterocycles. The van der Waals surface area contributed by atoms with E-state index in [0.717, 1.165) is 115 Å². The van der Waals surface area contributed by atoms with Gasteiger partial charge in [0.25, 0.3) is 0 Å². The topological polar surface area (TPSA) is 230 Å². The van der Waals surface area contributed by atoms with Crippen molar-refractivity contribution >= 4 is 66.8 Å². The number of aromatic hydroxyl groups is 2. The third-order valence-electron chi connectivity index (χ3n) is 17.4. The van der Waals surface area contributed by atoms with Gasteiger partial charge in [-0.2, -0.15) is 8.61 Å². The number of carbonyl (C=O) groups is 4. The zero-order valence-electron chi connectivity index (χ0n) is 53.3. The van der Waals surface area contributed by atoms with Crippen LogP contribution >= 0.6 is 11.6 Å². The number of benzene rings is 8. The van der Waals surface area contributed by atoms with E-state index in [0.29, 0.717) is 17.0 Å². The zero-order chi connectivity index (χ0) is 75.3. The molecule has 0 heterocycles. The van der Waals surface area contributed by atoms with Crippen LogP contribution < -0.4 is 9.80 Å². The van der Waals surface area contributed by atoms with E-state index in [2.05, 4.69) is 0 Å². The van der Waals surface area contributed by atoms with Crippen LogP contribution in [0.2, 0.25) is 5.02 Å². The summed E-state index contributed by atoms with van der Waals surface area (Å²) in [7, 11) is -11.8. The Kier molecular flexibility index (Phi) is 24.4. The highest BCUT2D eigenvalue weighted by atomic mass is 35.5. The zero-order valence-corrected chi connectivity index (χ0v) is 55.7. The van der Waals surface area contributed by atoms with Gasteiger partial charge in [0.1, 0.15) is 28.4 Å². The fourth-order valence-electron chi connectivity index (χ4n) is 12.0. The summed E-state index contributed by atoms with van der Waals surface area (Å²) in [6, 6.07) is 25.2. The first-order valence-electron chi connectivity index (χ1n) is 31.1. The van der Waals surface area contributed by atoms with E-state index in [4.69, 9.17) is 11.6 Å². The third-order valence-corrected chi connectivity index (χ3v) is 21.3. The van der Waals surface area contributed by atoms with Crippen molar-refractivity contribution in [1.82, 2.24) is 8.61 Å². The Morgan fingerprint density at radius 1 is 0.398 bits per heavy atom. The van der Waals surface area contributed by atoms with Crippen LogP contribution in [-0.4, -0.2) is 82.7 Å². The predicted molar refractivity (Wildman–Crippen MR) is 342 cm³/mol. The van der Waals surface area contributed by atoms with Crippen molar-refractivity contribution in [2.45, 2.75) is 112 Å². The van der Waals surface area contributed by atoms with E-state index in [-0.39, 0.29) is 44.8 Å². The molecule has 10 rings (SSSR count). The molecule has 0 bridgehead atoms. The normalized spacial score (nSPS) is 13.8. The lowest BCUT2D eigenvalue weighted by Crippen LogP contribution is -2.43. The van der Waals surface area contributed by atoms with E-state index in [9.17, 15) is 118 Å². The summed E-state index contributed by atoms with van der Waals surface area (Å²) in [4.78, 5) is 48.2. The first kappa shape index (κ1) is 77.5. The van der Waals surface area contributed by atoms with Gasteiger partial charge in [0.2, 0.25) is 43.5 Å². The maximum absolute atomic E-state index is 14.9. The maximum Gasteiger partial charge on any atom is 0.339 e. The van der Waals surface area contributed by atoms with Gasteiger partial charge in [0, 0.05) is 53.2 Å². The van der Waals surface area contributed by atoms with E-state index >= 15 is 0 Å². The van der Waals surface area contributed by atoms with Gasteiger partial charge in [0.15, 0.2) is 73.8 Å². The number of anilines is 2. The summed E-state index contributed by atoms with van der Waals surface area (Å²) in [5, 5.41) is 39.7. The number of aromatic carboxylic acids is 2. The molecule has 16 nitrogen and oxygen atoms in total. The van der Waals surface area contributed by atoms with Crippen LogP contribution in [-0.2, 0) is 55.8 Å². The summed E-state index contributed by atoms with van der Waals surface area (Å²) in [6.07, 6.45) is 10.4. The lowest BCUT2D eigenvalue weighted by molar-refractivity contribution is -0.119. The maximum atomic E-state index is 14.9. The molecule has 2 saturated carbocycles. The van der Waals surface area contributed by atoms with Gasteiger partial charge >= 0.3 is 11.9 Å². The van der Waals surface area contributed by atoms with Crippen LogP contribution in [0.5, 0.6) is 11.5 Å². The number of amides is 2. The highest BCUT2D eigenvalue weighted by molar-refractivity contribution is 7.89. The molecule has 8 aromatic carbocycles. The Morgan fingerprint density at radius 3 is 1.13 bits per heavy atom. The number of rotatable bonds is 22. The van der Waals surface area contributed by atoms with Gasteiger partial charge in [-0.3, -0.25) is 9.59 Å². The molecule has 0 aliphatic heterocycles. The Balaban J connectivity index is 0.000000240. The first-order valence-corrected chi connectivity index (χ1v) is 34.4. The summed E-state index contributed by atoms with van der Waals surface area (Å²) < 4.78 is 256. The fourth-order valence-corrected chi connectivity index (χ4v) is 15.2. The summed E-state index contributed by atoms with van der Waals surface area (Å²) in [6.45, 7) is -6.28. The number of carboxylic acids is 2. The average Bonchev–Trinajstić information content (AvgIpc) is 0.756. The van der Waals surface area contributed by atoms with E-state index < -0.39 is 200 Å². The second-order valence-corrected chi connectivity index (χ2v) is 28.2. The van der Waals surface area contributed by atoms with Crippen molar-refractivity contribution in [3.8, 4) is 11.5 Å². The summed E-state index contributed by atoms with van der Waals surface area (Å²) in [5.41, 5.74) is -0.0503. The number of hydrogen-bond acceptors (Lipinski definition) is 10. The number of nitrogens with zero attached hydrogens (tertiary/aromatic N) is 4. The van der Waals surface area contributed by atoms with Gasteiger partial charge in [-0.15, -0.1) is 0 Å². The number of carboxylic acid groups (broad SMARTS) is 2. The van der Waals surface area contributed by atoms with Crippen LogP contribution in [0.15, 0.2) is 125 Å². The molecular weight excluding hydrogens is 1450 g/mol. The number of phenols is 2. The van der Waals surface area contributed by atoms with E-state index in [1.807, 2.05) is 12.1 Å². The van der Waals surface area contributed by atoms with Crippen molar-refractivity contribution in [1.29, 1.82) is 0 Å². The standard InChI is InChI=1S/C35H30ClF5N2O6S.C35H27F9N2O6S/c36-24-8-4-5-21(15-24)17-42(50(48,49)34-32(40)30(38)29(37)31(39)33(34)41)19-28(45)43(25-13-14-26(35(46)47)27(44)16-25)18-20-9-11-23(12-10-20)22-6-2-1-3-7-22;36-23-13-24(37)28(39)27(38)22(23)15-45(53(51,52)34-32(43)30(41)29(40)31(42)33(34)44)16-26(48)46(20-10-11-21(35(49)50)25(47)12-20)14-17-6-8-19(9-7-17)18-4-2-1-3-5-18/h4-5,8-16,22,44H,1-3,6-7,17-19H2,(H,46,47);6-13,18,47H,1-5,14-16H2,(H,49,50). The molecule has 33 heteroatoms. The molecule has 0 spiro atoms. The van der Waals surface area contributed by atoms with Gasteiger partial charge in [-0.25, -0.2) is 87.9 Å². The minimum Gasteiger partial charge on any atom is -0.507 e. The highest BCUT2D eigenvalue weighted by Gasteiger charge is 2.42. The molecule has 8 aromatic rings. The minimum absolute atomic E-state index is 0.0785. The Bertz CT molecular complexity index is 4790. The van der Waals surface area contributed by atoms with Crippen LogP contribution in [0.1, 0.15) is 130 Å². The predicted octanol–water partition coefficient (Wildman–Crippen LogP) is 15.7. The molecule has 0 aromatic heterocycles. The lowest BCUT2D eigenvalue weighted by atomic mass is 9.84. The van der Waals surface area contributed by atoms with Crippen molar-refractivity contribution in [3.05, 3.63) is 246 Å².